The van der Waals surface area contributed by atoms with E-state index >= 15 is 0 Å². The molecule has 0 amide bonds. The van der Waals surface area contributed by atoms with Crippen molar-refractivity contribution in [2.24, 2.45) is 11.3 Å². The molecule has 0 unspecified atom stereocenters. The summed E-state index contributed by atoms with van der Waals surface area (Å²) < 4.78 is 11.6. The molecule has 0 aromatic heterocycles. The minimum Gasteiger partial charge on any atom is -0.492 e. The van der Waals surface area contributed by atoms with E-state index in [2.05, 4.69) is 4.90 Å². The largest absolute Gasteiger partial charge is 0.492 e. The highest BCUT2D eigenvalue weighted by Crippen LogP contribution is 2.48. The van der Waals surface area contributed by atoms with Gasteiger partial charge in [0.15, 0.2) is 0 Å². The van der Waals surface area contributed by atoms with Crippen LogP contribution in [0, 0.1) is 11.3 Å². The first-order valence-electron chi connectivity index (χ1n) is 9.57. The minimum atomic E-state index is -0.623. The molecule has 1 saturated carbocycles. The molecule has 27 heavy (non-hydrogen) atoms. The smallest absolute Gasteiger partial charge is 0.311 e. The molecule has 5 nitrogen and oxygen atoms in total. The van der Waals surface area contributed by atoms with E-state index in [1.807, 2.05) is 54.6 Å². The van der Waals surface area contributed by atoms with Crippen LogP contribution in [0.25, 0.3) is 0 Å². The molecule has 2 fully saturated rings. The Morgan fingerprint density at radius 2 is 1.78 bits per heavy atom. The number of para-hydroxylation sites is 1. The quantitative estimate of drug-likeness (QED) is 0.800. The second-order valence-corrected chi connectivity index (χ2v) is 7.52. The van der Waals surface area contributed by atoms with Gasteiger partial charge in [0.25, 0.3) is 0 Å². The molecule has 1 aliphatic carbocycles. The lowest BCUT2D eigenvalue weighted by Gasteiger charge is -2.23. The van der Waals surface area contributed by atoms with Crippen molar-refractivity contribution in [1.29, 1.82) is 0 Å². The van der Waals surface area contributed by atoms with Crippen molar-refractivity contribution in [2.75, 3.05) is 26.2 Å². The number of likely N-dealkylation sites (tertiary alicyclic amines) is 1. The number of ether oxygens (including phenoxy) is 2. The molecule has 4 rings (SSSR count). The summed E-state index contributed by atoms with van der Waals surface area (Å²) in [6.07, 6.45) is 2.89. The average Bonchev–Trinajstić information content (AvgIpc) is 3.22. The van der Waals surface area contributed by atoms with Gasteiger partial charge in [0.05, 0.1) is 5.41 Å². The van der Waals surface area contributed by atoms with E-state index < -0.39 is 11.4 Å². The van der Waals surface area contributed by atoms with Crippen LogP contribution < -0.4 is 9.47 Å². The van der Waals surface area contributed by atoms with Gasteiger partial charge >= 0.3 is 5.97 Å². The van der Waals surface area contributed by atoms with Gasteiger partial charge in [-0.1, -0.05) is 24.6 Å². The molecule has 142 valence electrons. The number of fused-ring (bicyclic) bond motifs is 1. The number of carboxylic acids is 1. The molecule has 2 aromatic carbocycles. The fourth-order valence-corrected chi connectivity index (χ4v) is 4.43. The summed E-state index contributed by atoms with van der Waals surface area (Å²) in [5, 5.41) is 9.66. The zero-order chi connectivity index (χ0) is 18.7. The van der Waals surface area contributed by atoms with E-state index in [0.29, 0.717) is 19.1 Å². The molecule has 2 atom stereocenters. The fourth-order valence-electron chi connectivity index (χ4n) is 4.43. The number of hydrogen-bond acceptors (Lipinski definition) is 4. The summed E-state index contributed by atoms with van der Waals surface area (Å²) in [5.41, 5.74) is -0.517. The Labute approximate surface area is 159 Å². The normalized spacial score (nSPS) is 24.5. The van der Waals surface area contributed by atoms with Gasteiger partial charge in [-0.3, -0.25) is 9.69 Å². The van der Waals surface area contributed by atoms with Crippen molar-refractivity contribution in [2.45, 2.75) is 19.3 Å². The van der Waals surface area contributed by atoms with Gasteiger partial charge in [-0.05, 0) is 55.2 Å². The second kappa shape index (κ2) is 7.61. The SMILES string of the molecule is O=C(O)[C@@]12CCC[C@H]1CN(CCOc1ccc(Oc3ccccc3)cc1)C2. The number of nitrogens with zero attached hydrogens (tertiary/aromatic N) is 1. The van der Waals surface area contributed by atoms with Crippen LogP contribution in [0.3, 0.4) is 0 Å². The Morgan fingerprint density at radius 1 is 1.07 bits per heavy atom. The summed E-state index contributed by atoms with van der Waals surface area (Å²) in [6.45, 7) is 2.84. The lowest BCUT2D eigenvalue weighted by atomic mass is 9.81. The molecule has 1 heterocycles. The van der Waals surface area contributed by atoms with E-state index in [0.717, 1.165) is 49.6 Å². The van der Waals surface area contributed by atoms with Crippen LogP contribution in [0.4, 0.5) is 0 Å². The maximum atomic E-state index is 11.7. The molecule has 2 aliphatic rings. The number of aliphatic carboxylic acids is 1. The molecule has 0 radical (unpaired) electrons. The van der Waals surface area contributed by atoms with E-state index in [4.69, 9.17) is 9.47 Å². The molecular weight excluding hydrogens is 342 g/mol. The third kappa shape index (κ3) is 3.78. The molecule has 2 aromatic rings. The van der Waals surface area contributed by atoms with Gasteiger partial charge in [0.1, 0.15) is 23.9 Å². The number of carbonyl (C=O) groups is 1. The third-order valence-electron chi connectivity index (χ3n) is 5.85. The molecule has 5 heteroatoms. The fraction of sp³-hybridized carbons (Fsp3) is 0.409. The third-order valence-corrected chi connectivity index (χ3v) is 5.85. The van der Waals surface area contributed by atoms with Gasteiger partial charge in [-0.25, -0.2) is 0 Å². The molecular formula is C22H25NO4. The number of hydrogen-bond donors (Lipinski definition) is 1. The lowest BCUT2D eigenvalue weighted by molar-refractivity contribution is -0.149. The minimum absolute atomic E-state index is 0.296. The van der Waals surface area contributed by atoms with Crippen molar-refractivity contribution in [3.8, 4) is 17.2 Å². The van der Waals surface area contributed by atoms with Crippen LogP contribution in [-0.4, -0.2) is 42.2 Å². The Hall–Kier alpha value is -2.53. The number of benzene rings is 2. The number of carboxylic acid groups (broad SMARTS) is 1. The van der Waals surface area contributed by atoms with Crippen LogP contribution in [0.15, 0.2) is 54.6 Å². The van der Waals surface area contributed by atoms with Crippen molar-refractivity contribution >= 4 is 5.97 Å². The molecule has 0 bridgehead atoms. The Morgan fingerprint density at radius 3 is 2.48 bits per heavy atom. The predicted molar refractivity (Wildman–Crippen MR) is 102 cm³/mol. The van der Waals surface area contributed by atoms with Crippen molar-refractivity contribution in [1.82, 2.24) is 4.90 Å². The van der Waals surface area contributed by atoms with Crippen molar-refractivity contribution in [3.05, 3.63) is 54.6 Å². The van der Waals surface area contributed by atoms with E-state index in [9.17, 15) is 9.90 Å². The Bertz CT molecular complexity index is 777. The van der Waals surface area contributed by atoms with Gasteiger partial charge in [-0.15, -0.1) is 0 Å². The highest BCUT2D eigenvalue weighted by atomic mass is 16.5. The standard InChI is InChI=1S/C22H25NO4/c24-21(25)22-12-4-5-17(22)15-23(16-22)13-14-26-18-8-10-20(11-9-18)27-19-6-2-1-3-7-19/h1-3,6-11,17H,4-5,12-16H2,(H,24,25)/t17-,22+/m0/s1. The van der Waals surface area contributed by atoms with Crippen molar-refractivity contribution in [3.63, 3.8) is 0 Å². The van der Waals surface area contributed by atoms with Crippen LogP contribution in [0.2, 0.25) is 0 Å². The van der Waals surface area contributed by atoms with E-state index in [1.165, 1.54) is 0 Å². The van der Waals surface area contributed by atoms with E-state index in [1.54, 1.807) is 0 Å². The maximum absolute atomic E-state index is 11.7. The monoisotopic (exact) mass is 367 g/mol. The second-order valence-electron chi connectivity index (χ2n) is 7.52. The van der Waals surface area contributed by atoms with Gasteiger partial charge in [0, 0.05) is 19.6 Å². The van der Waals surface area contributed by atoms with Crippen LogP contribution in [0.5, 0.6) is 17.2 Å². The van der Waals surface area contributed by atoms with Crippen molar-refractivity contribution < 1.29 is 19.4 Å². The summed E-state index contributed by atoms with van der Waals surface area (Å²) in [5.74, 6) is 2.04. The zero-order valence-corrected chi connectivity index (χ0v) is 15.3. The highest BCUT2D eigenvalue weighted by Gasteiger charge is 2.54. The van der Waals surface area contributed by atoms with Gasteiger partial charge in [-0.2, -0.15) is 0 Å². The summed E-state index contributed by atoms with van der Waals surface area (Å²) in [7, 11) is 0. The van der Waals surface area contributed by atoms with Crippen LogP contribution >= 0.6 is 0 Å². The van der Waals surface area contributed by atoms with E-state index in [-0.39, 0.29) is 0 Å². The Kier molecular flexibility index (Phi) is 5.03. The summed E-state index contributed by atoms with van der Waals surface area (Å²) in [6, 6.07) is 17.2. The Balaban J connectivity index is 1.26. The van der Waals surface area contributed by atoms with Crippen LogP contribution in [0.1, 0.15) is 19.3 Å². The summed E-state index contributed by atoms with van der Waals surface area (Å²) >= 11 is 0. The first-order chi connectivity index (χ1) is 13.2. The first-order valence-corrected chi connectivity index (χ1v) is 9.57. The maximum Gasteiger partial charge on any atom is 0.311 e. The molecule has 1 saturated heterocycles. The topological polar surface area (TPSA) is 59.0 Å². The molecule has 0 spiro atoms. The number of rotatable bonds is 7. The highest BCUT2D eigenvalue weighted by molar-refractivity contribution is 5.76. The van der Waals surface area contributed by atoms with Gasteiger partial charge < -0.3 is 14.6 Å². The van der Waals surface area contributed by atoms with Gasteiger partial charge in [0.2, 0.25) is 0 Å². The predicted octanol–water partition coefficient (Wildman–Crippen LogP) is 4.04. The lowest BCUT2D eigenvalue weighted by Crippen LogP contribution is -2.36. The van der Waals surface area contributed by atoms with Crippen LogP contribution in [-0.2, 0) is 4.79 Å². The summed E-state index contributed by atoms with van der Waals surface area (Å²) in [4.78, 5) is 14.0. The zero-order valence-electron chi connectivity index (χ0n) is 15.3. The molecule has 1 aliphatic heterocycles. The molecule has 1 N–H and O–H groups in total. The first kappa shape index (κ1) is 17.9. The average molecular weight is 367 g/mol.